The van der Waals surface area contributed by atoms with Gasteiger partial charge >= 0.3 is 0 Å². The average molecular weight is 445 g/mol. The van der Waals surface area contributed by atoms with E-state index in [9.17, 15) is 9.59 Å². The number of rotatable bonds is 2. The van der Waals surface area contributed by atoms with Crippen LogP contribution in [0.2, 0.25) is 0 Å². The zero-order valence-corrected chi connectivity index (χ0v) is 20.6. The van der Waals surface area contributed by atoms with Crippen LogP contribution in [0.4, 0.5) is 0 Å². The van der Waals surface area contributed by atoms with Crippen molar-refractivity contribution in [1.82, 2.24) is 19.8 Å². The molecule has 6 nitrogen and oxygen atoms in total. The molecule has 1 aliphatic carbocycles. The molecule has 1 aliphatic heterocycles. The van der Waals surface area contributed by atoms with E-state index in [0.717, 1.165) is 61.5 Å². The molecular formula is C24H36N4O2S. The van der Waals surface area contributed by atoms with E-state index < -0.39 is 0 Å². The zero-order chi connectivity index (χ0) is 22.6. The normalized spacial score (nSPS) is 20.8. The van der Waals surface area contributed by atoms with Crippen LogP contribution in [0.25, 0.3) is 10.2 Å². The molecule has 2 aromatic heterocycles. The Morgan fingerprint density at radius 1 is 1.13 bits per heavy atom. The number of piperazine rings is 1. The van der Waals surface area contributed by atoms with Crippen molar-refractivity contribution in [2.45, 2.75) is 67.3 Å². The topological polar surface area (TPSA) is 69.3 Å². The molecule has 0 unspecified atom stereocenters. The molecule has 3 heterocycles. The third kappa shape index (κ3) is 4.58. The quantitative estimate of drug-likeness (QED) is 0.764. The fourth-order valence-corrected chi connectivity index (χ4v) is 6.16. The van der Waals surface area contributed by atoms with Crippen molar-refractivity contribution in [3.05, 3.63) is 26.6 Å². The average Bonchev–Trinajstić information content (AvgIpc) is 3.04. The summed E-state index contributed by atoms with van der Waals surface area (Å²) in [6.45, 7) is 16.5. The van der Waals surface area contributed by atoms with Crippen LogP contribution in [0, 0.1) is 16.7 Å². The molecule has 2 aliphatic rings. The number of carbonyl (C=O) groups excluding carboxylic acids is 1. The molecule has 0 aromatic carbocycles. The lowest BCUT2D eigenvalue weighted by atomic mass is 9.72. The standard InChI is InChI=1S/C24H36N4O2S/c1-23(2,3)15-7-8-16-17(13-15)31-21-19(16)20(29)25-18(26-21)14-27-9-11-28(12-10-27)22(30)24(4,5)6/h15H,7-14H2,1-6H3,(H,25,26,29)/t15-/m0/s1. The molecule has 4 rings (SSSR count). The fourth-order valence-electron chi connectivity index (χ4n) is 4.84. The molecule has 1 N–H and O–H groups in total. The lowest BCUT2D eigenvalue weighted by Gasteiger charge is -2.37. The van der Waals surface area contributed by atoms with Crippen molar-refractivity contribution >= 4 is 27.5 Å². The van der Waals surface area contributed by atoms with E-state index >= 15 is 0 Å². The van der Waals surface area contributed by atoms with Crippen LogP contribution >= 0.6 is 11.3 Å². The molecule has 1 fully saturated rings. The monoisotopic (exact) mass is 444 g/mol. The van der Waals surface area contributed by atoms with Gasteiger partial charge in [-0.2, -0.15) is 0 Å². The van der Waals surface area contributed by atoms with Gasteiger partial charge in [-0.25, -0.2) is 4.98 Å². The third-order valence-corrected chi connectivity index (χ3v) is 8.02. The Labute approximate surface area is 189 Å². The molecular weight excluding hydrogens is 408 g/mol. The summed E-state index contributed by atoms with van der Waals surface area (Å²) in [5, 5.41) is 0.816. The largest absolute Gasteiger partial charge is 0.340 e. The van der Waals surface area contributed by atoms with Crippen molar-refractivity contribution in [3.8, 4) is 0 Å². The lowest BCUT2D eigenvalue weighted by Crippen LogP contribution is -2.51. The van der Waals surface area contributed by atoms with Crippen molar-refractivity contribution < 1.29 is 4.79 Å². The molecule has 0 bridgehead atoms. The highest BCUT2D eigenvalue weighted by Crippen LogP contribution is 2.42. The summed E-state index contributed by atoms with van der Waals surface area (Å²) in [5.74, 6) is 1.59. The van der Waals surface area contributed by atoms with E-state index in [1.807, 2.05) is 25.7 Å². The SMILES string of the molecule is CC(C)(C)C(=O)N1CCN(Cc2nc3sc4c(c3c(=O)[nH]2)CC[C@H](C(C)(C)C)C4)CC1. The number of aromatic amines is 1. The predicted molar refractivity (Wildman–Crippen MR) is 127 cm³/mol. The van der Waals surface area contributed by atoms with E-state index in [1.54, 1.807) is 11.3 Å². The van der Waals surface area contributed by atoms with Gasteiger partial charge in [-0.3, -0.25) is 14.5 Å². The zero-order valence-electron chi connectivity index (χ0n) is 19.8. The van der Waals surface area contributed by atoms with Gasteiger partial charge in [-0.05, 0) is 36.2 Å². The summed E-state index contributed by atoms with van der Waals surface area (Å²) in [6, 6.07) is 0. The first kappa shape index (κ1) is 22.5. The van der Waals surface area contributed by atoms with Gasteiger partial charge in [0.2, 0.25) is 5.91 Å². The van der Waals surface area contributed by atoms with E-state index in [0.29, 0.717) is 12.5 Å². The molecule has 31 heavy (non-hydrogen) atoms. The van der Waals surface area contributed by atoms with E-state index in [-0.39, 0.29) is 22.3 Å². The summed E-state index contributed by atoms with van der Waals surface area (Å²) >= 11 is 1.71. The molecule has 1 amide bonds. The highest BCUT2D eigenvalue weighted by atomic mass is 32.1. The van der Waals surface area contributed by atoms with Crippen molar-refractivity contribution in [1.29, 1.82) is 0 Å². The van der Waals surface area contributed by atoms with Crippen molar-refractivity contribution in [2.24, 2.45) is 16.7 Å². The Balaban J connectivity index is 1.48. The summed E-state index contributed by atoms with van der Waals surface area (Å²) in [7, 11) is 0. The van der Waals surface area contributed by atoms with Gasteiger partial charge in [0, 0.05) is 36.5 Å². The minimum atomic E-state index is -0.343. The van der Waals surface area contributed by atoms with Gasteiger partial charge in [0.1, 0.15) is 10.7 Å². The molecule has 0 saturated carbocycles. The van der Waals surface area contributed by atoms with Gasteiger partial charge in [-0.15, -0.1) is 11.3 Å². The van der Waals surface area contributed by atoms with Crippen molar-refractivity contribution in [3.63, 3.8) is 0 Å². The van der Waals surface area contributed by atoms with Crippen LogP contribution in [0.1, 0.15) is 64.2 Å². The summed E-state index contributed by atoms with van der Waals surface area (Å²) in [4.78, 5) is 39.8. The Hall–Kier alpha value is -1.73. The number of carbonyl (C=O) groups is 1. The van der Waals surface area contributed by atoms with Crippen LogP contribution < -0.4 is 5.56 Å². The van der Waals surface area contributed by atoms with Gasteiger partial charge in [0.15, 0.2) is 0 Å². The van der Waals surface area contributed by atoms with E-state index in [1.165, 1.54) is 10.4 Å². The molecule has 0 radical (unpaired) electrons. The Kier molecular flexibility index (Phi) is 5.80. The van der Waals surface area contributed by atoms with Gasteiger partial charge in [0.25, 0.3) is 5.56 Å². The van der Waals surface area contributed by atoms with Crippen LogP contribution in [-0.4, -0.2) is 51.9 Å². The first-order valence-corrected chi connectivity index (χ1v) is 12.3. The number of hydrogen-bond acceptors (Lipinski definition) is 5. The number of hydrogen-bond donors (Lipinski definition) is 1. The number of nitrogens with one attached hydrogen (secondary N) is 1. The molecule has 1 saturated heterocycles. The van der Waals surface area contributed by atoms with E-state index in [2.05, 4.69) is 30.7 Å². The molecule has 2 aromatic rings. The van der Waals surface area contributed by atoms with Crippen molar-refractivity contribution in [2.75, 3.05) is 26.2 Å². The van der Waals surface area contributed by atoms with Crippen LogP contribution in [0.15, 0.2) is 4.79 Å². The smallest absolute Gasteiger partial charge is 0.259 e. The number of aromatic nitrogens is 2. The fraction of sp³-hybridized carbons (Fsp3) is 0.708. The van der Waals surface area contributed by atoms with Gasteiger partial charge < -0.3 is 9.88 Å². The number of nitrogens with zero attached hydrogens (tertiary/aromatic N) is 3. The van der Waals surface area contributed by atoms with Crippen LogP contribution in [0.3, 0.4) is 0 Å². The van der Waals surface area contributed by atoms with Gasteiger partial charge in [0.05, 0.1) is 11.9 Å². The third-order valence-electron chi connectivity index (χ3n) is 6.87. The lowest BCUT2D eigenvalue weighted by molar-refractivity contribution is -0.141. The second-order valence-electron chi connectivity index (χ2n) is 11.3. The summed E-state index contributed by atoms with van der Waals surface area (Å²) < 4.78 is 0. The number of amides is 1. The number of H-pyrrole nitrogens is 1. The van der Waals surface area contributed by atoms with E-state index in [4.69, 9.17) is 4.98 Å². The summed E-state index contributed by atoms with van der Waals surface area (Å²) in [5.41, 5.74) is 1.18. The molecule has 0 spiro atoms. The minimum absolute atomic E-state index is 0.00764. The van der Waals surface area contributed by atoms with Crippen LogP contribution in [-0.2, 0) is 24.2 Å². The first-order chi connectivity index (χ1) is 14.4. The Bertz CT molecular complexity index is 1030. The molecule has 170 valence electrons. The maximum absolute atomic E-state index is 12.9. The summed E-state index contributed by atoms with van der Waals surface area (Å²) in [6.07, 6.45) is 3.17. The second kappa shape index (κ2) is 8.00. The number of aryl methyl sites for hydroxylation is 1. The maximum atomic E-state index is 12.9. The van der Waals surface area contributed by atoms with Gasteiger partial charge in [-0.1, -0.05) is 41.5 Å². The maximum Gasteiger partial charge on any atom is 0.259 e. The highest BCUT2D eigenvalue weighted by molar-refractivity contribution is 7.18. The number of fused-ring (bicyclic) bond motifs is 3. The second-order valence-corrected chi connectivity index (χ2v) is 12.4. The Morgan fingerprint density at radius 2 is 1.81 bits per heavy atom. The first-order valence-electron chi connectivity index (χ1n) is 11.5. The molecule has 7 heteroatoms. The predicted octanol–water partition coefficient (Wildman–Crippen LogP) is 3.83. The Morgan fingerprint density at radius 3 is 2.42 bits per heavy atom. The molecule has 1 atom stereocenters. The highest BCUT2D eigenvalue weighted by Gasteiger charge is 2.32. The number of thiophene rings is 1. The van der Waals surface area contributed by atoms with Crippen LogP contribution in [0.5, 0.6) is 0 Å². The minimum Gasteiger partial charge on any atom is -0.340 e.